The summed E-state index contributed by atoms with van der Waals surface area (Å²) in [6, 6.07) is 11.1. The molecular weight excluding hydrogens is 451 g/mol. The second-order valence-electron chi connectivity index (χ2n) is 6.27. The van der Waals surface area contributed by atoms with Gasteiger partial charge in [-0.1, -0.05) is 47.1 Å². The van der Waals surface area contributed by atoms with Crippen molar-refractivity contribution in [3.8, 4) is 11.5 Å². The summed E-state index contributed by atoms with van der Waals surface area (Å²) in [5.74, 6) is 2.05. The molecule has 0 unspecified atom stereocenters. The number of carbonyl (C=O) groups is 1. The molecule has 1 amide bonds. The molecule has 0 atom stereocenters. The van der Waals surface area contributed by atoms with Crippen LogP contribution in [0, 0.1) is 0 Å². The lowest BCUT2D eigenvalue weighted by molar-refractivity contribution is -0.120. The number of thiazole rings is 1. The summed E-state index contributed by atoms with van der Waals surface area (Å²) in [4.78, 5) is 16.8. The van der Waals surface area contributed by atoms with E-state index < -0.39 is 0 Å². The Balaban J connectivity index is 1.26. The molecule has 0 saturated heterocycles. The van der Waals surface area contributed by atoms with E-state index in [4.69, 9.17) is 32.7 Å². The molecule has 150 valence electrons. The number of rotatable bonds is 7. The van der Waals surface area contributed by atoms with Gasteiger partial charge < -0.3 is 14.8 Å². The SMILES string of the molecule is O=C(Cc1csc(SCc2ccc(Cl)cc2Cl)n1)NCc1ccc2c(c1)OCO2. The molecule has 9 heteroatoms. The second kappa shape index (κ2) is 9.26. The van der Waals surface area contributed by atoms with Crippen molar-refractivity contribution in [2.45, 2.75) is 23.1 Å². The molecule has 2 heterocycles. The summed E-state index contributed by atoms with van der Waals surface area (Å²) in [6.45, 7) is 0.663. The number of amides is 1. The van der Waals surface area contributed by atoms with Crippen LogP contribution in [0.5, 0.6) is 11.5 Å². The Kier molecular flexibility index (Phi) is 6.50. The maximum atomic E-state index is 12.2. The Morgan fingerprint density at radius 1 is 1.17 bits per heavy atom. The van der Waals surface area contributed by atoms with E-state index in [9.17, 15) is 4.79 Å². The molecule has 0 bridgehead atoms. The van der Waals surface area contributed by atoms with E-state index >= 15 is 0 Å². The number of ether oxygens (including phenoxy) is 2. The maximum absolute atomic E-state index is 12.2. The minimum Gasteiger partial charge on any atom is -0.454 e. The van der Waals surface area contributed by atoms with Crippen molar-refractivity contribution in [3.63, 3.8) is 0 Å². The molecule has 1 N–H and O–H groups in total. The van der Waals surface area contributed by atoms with Gasteiger partial charge in [-0.15, -0.1) is 11.3 Å². The fraction of sp³-hybridized carbons (Fsp3) is 0.200. The van der Waals surface area contributed by atoms with Crippen LogP contribution in [0.4, 0.5) is 0 Å². The molecule has 5 nitrogen and oxygen atoms in total. The fourth-order valence-corrected chi connectivity index (χ4v) is 5.10. The lowest BCUT2D eigenvalue weighted by Crippen LogP contribution is -2.24. The minimum absolute atomic E-state index is 0.0785. The number of nitrogens with zero attached hydrogens (tertiary/aromatic N) is 1. The molecule has 0 spiro atoms. The molecule has 3 aromatic rings. The third-order valence-electron chi connectivity index (χ3n) is 4.17. The normalized spacial score (nSPS) is 12.2. The highest BCUT2D eigenvalue weighted by Crippen LogP contribution is 2.32. The highest BCUT2D eigenvalue weighted by Gasteiger charge is 2.14. The average molecular weight is 467 g/mol. The number of fused-ring (bicyclic) bond motifs is 1. The quantitative estimate of drug-likeness (QED) is 0.476. The van der Waals surface area contributed by atoms with E-state index in [1.807, 2.05) is 35.7 Å². The van der Waals surface area contributed by atoms with Gasteiger partial charge in [-0.3, -0.25) is 4.79 Å². The van der Waals surface area contributed by atoms with Crippen molar-refractivity contribution in [2.75, 3.05) is 6.79 Å². The molecule has 1 aromatic heterocycles. The molecule has 0 aliphatic carbocycles. The van der Waals surface area contributed by atoms with Crippen LogP contribution in [-0.2, 0) is 23.5 Å². The summed E-state index contributed by atoms with van der Waals surface area (Å²) < 4.78 is 11.5. The van der Waals surface area contributed by atoms with Gasteiger partial charge in [0, 0.05) is 27.7 Å². The van der Waals surface area contributed by atoms with Gasteiger partial charge in [0.05, 0.1) is 12.1 Å². The number of thioether (sulfide) groups is 1. The van der Waals surface area contributed by atoms with Crippen LogP contribution < -0.4 is 14.8 Å². The van der Waals surface area contributed by atoms with E-state index in [1.165, 1.54) is 11.3 Å². The van der Waals surface area contributed by atoms with E-state index in [2.05, 4.69) is 10.3 Å². The first-order valence-corrected chi connectivity index (χ1v) is 11.4. The van der Waals surface area contributed by atoms with Gasteiger partial charge in [-0.25, -0.2) is 4.98 Å². The van der Waals surface area contributed by atoms with Crippen LogP contribution in [0.3, 0.4) is 0 Å². The zero-order valence-electron chi connectivity index (χ0n) is 15.1. The second-order valence-corrected chi connectivity index (χ2v) is 9.19. The van der Waals surface area contributed by atoms with Crippen molar-refractivity contribution in [3.05, 3.63) is 68.6 Å². The van der Waals surface area contributed by atoms with Gasteiger partial charge in [0.15, 0.2) is 11.5 Å². The Labute approximate surface area is 186 Å². The highest BCUT2D eigenvalue weighted by atomic mass is 35.5. The lowest BCUT2D eigenvalue weighted by atomic mass is 10.2. The summed E-state index contributed by atoms with van der Waals surface area (Å²) in [5, 5.41) is 6.08. The molecule has 0 fully saturated rings. The molecule has 4 rings (SSSR count). The van der Waals surface area contributed by atoms with Gasteiger partial charge in [-0.2, -0.15) is 0 Å². The zero-order valence-corrected chi connectivity index (χ0v) is 18.3. The summed E-state index contributed by atoms with van der Waals surface area (Å²) >= 11 is 15.2. The fourth-order valence-electron chi connectivity index (χ4n) is 2.69. The van der Waals surface area contributed by atoms with Crippen LogP contribution in [0.1, 0.15) is 16.8 Å². The van der Waals surface area contributed by atoms with Crippen molar-refractivity contribution in [1.29, 1.82) is 0 Å². The smallest absolute Gasteiger partial charge is 0.231 e. The number of aromatic nitrogens is 1. The lowest BCUT2D eigenvalue weighted by Gasteiger charge is -2.05. The summed E-state index contributed by atoms with van der Waals surface area (Å²) in [7, 11) is 0. The van der Waals surface area contributed by atoms with Gasteiger partial charge in [0.2, 0.25) is 12.7 Å². The number of benzene rings is 2. The van der Waals surface area contributed by atoms with Crippen LogP contribution in [0.2, 0.25) is 10.0 Å². The Morgan fingerprint density at radius 2 is 2.03 bits per heavy atom. The van der Waals surface area contributed by atoms with Gasteiger partial charge in [-0.05, 0) is 35.4 Å². The molecular formula is C20H16Cl2N2O3S2. The Hall–Kier alpha value is -1.93. The predicted octanol–water partition coefficient (Wildman–Crippen LogP) is 5.33. The summed E-state index contributed by atoms with van der Waals surface area (Å²) in [6.07, 6.45) is 0.239. The topological polar surface area (TPSA) is 60.5 Å². The first-order valence-electron chi connectivity index (χ1n) is 8.73. The molecule has 0 saturated carbocycles. The zero-order chi connectivity index (χ0) is 20.2. The third-order valence-corrected chi connectivity index (χ3v) is 6.87. The van der Waals surface area contributed by atoms with Crippen molar-refractivity contribution in [2.24, 2.45) is 0 Å². The standard InChI is InChI=1S/C20H16Cl2N2O3S2/c21-14-3-2-13(16(22)6-14)9-28-20-24-15(10-29-20)7-19(25)23-8-12-1-4-17-18(5-12)27-11-26-17/h1-6,10H,7-9,11H2,(H,23,25). The van der Waals surface area contributed by atoms with E-state index in [0.717, 1.165) is 26.9 Å². The molecule has 1 aliphatic rings. The molecule has 0 radical (unpaired) electrons. The predicted molar refractivity (Wildman–Crippen MR) is 116 cm³/mol. The Bertz CT molecular complexity index is 1040. The van der Waals surface area contributed by atoms with Crippen LogP contribution in [-0.4, -0.2) is 17.7 Å². The van der Waals surface area contributed by atoms with Crippen molar-refractivity contribution < 1.29 is 14.3 Å². The maximum Gasteiger partial charge on any atom is 0.231 e. The van der Waals surface area contributed by atoms with E-state index in [-0.39, 0.29) is 19.1 Å². The van der Waals surface area contributed by atoms with Crippen LogP contribution >= 0.6 is 46.3 Å². The van der Waals surface area contributed by atoms with Gasteiger partial charge in [0.25, 0.3) is 0 Å². The number of carbonyl (C=O) groups excluding carboxylic acids is 1. The minimum atomic E-state index is -0.0785. The molecule has 1 aliphatic heterocycles. The van der Waals surface area contributed by atoms with Gasteiger partial charge >= 0.3 is 0 Å². The molecule has 29 heavy (non-hydrogen) atoms. The Morgan fingerprint density at radius 3 is 2.90 bits per heavy atom. The first-order chi connectivity index (χ1) is 14.1. The van der Waals surface area contributed by atoms with Crippen molar-refractivity contribution >= 4 is 52.2 Å². The van der Waals surface area contributed by atoms with Crippen LogP contribution in [0.25, 0.3) is 0 Å². The third kappa shape index (κ3) is 5.36. The monoisotopic (exact) mass is 466 g/mol. The average Bonchev–Trinajstić information content (AvgIpc) is 3.34. The highest BCUT2D eigenvalue weighted by molar-refractivity contribution is 8.00. The largest absolute Gasteiger partial charge is 0.454 e. The van der Waals surface area contributed by atoms with Crippen LogP contribution in [0.15, 0.2) is 46.1 Å². The summed E-state index contributed by atoms with van der Waals surface area (Å²) in [5.41, 5.74) is 2.71. The van der Waals surface area contributed by atoms with Crippen molar-refractivity contribution in [1.82, 2.24) is 10.3 Å². The first kappa shape index (κ1) is 20.3. The number of halogens is 2. The number of nitrogens with one attached hydrogen (secondary N) is 1. The number of hydrogen-bond donors (Lipinski definition) is 1. The van der Waals surface area contributed by atoms with Gasteiger partial charge in [0.1, 0.15) is 4.34 Å². The molecule has 2 aromatic carbocycles. The number of hydrogen-bond acceptors (Lipinski definition) is 6. The van der Waals surface area contributed by atoms with E-state index in [1.54, 1.807) is 17.8 Å². The van der Waals surface area contributed by atoms with E-state index in [0.29, 0.717) is 28.1 Å².